The zero-order valence-corrected chi connectivity index (χ0v) is 12.0. The highest BCUT2D eigenvalue weighted by molar-refractivity contribution is 5.80. The average Bonchev–Trinajstić information content (AvgIpc) is 2.96. The van der Waals surface area contributed by atoms with Gasteiger partial charge in [-0.3, -0.25) is 9.63 Å². The van der Waals surface area contributed by atoms with Crippen LogP contribution in [0.1, 0.15) is 32.1 Å². The molecule has 0 bridgehead atoms. The molecule has 20 heavy (non-hydrogen) atoms. The highest BCUT2D eigenvalue weighted by Crippen LogP contribution is 2.36. The zero-order valence-electron chi connectivity index (χ0n) is 12.0. The van der Waals surface area contributed by atoms with E-state index in [0.29, 0.717) is 12.5 Å². The topological polar surface area (TPSA) is 42.0 Å². The van der Waals surface area contributed by atoms with E-state index in [1.807, 2.05) is 0 Å². The van der Waals surface area contributed by atoms with Crippen LogP contribution in [0.2, 0.25) is 0 Å². The maximum absolute atomic E-state index is 12.3. The highest BCUT2D eigenvalue weighted by Gasteiger charge is 2.44. The number of hydroxylamine groups is 2. The van der Waals surface area contributed by atoms with Crippen molar-refractivity contribution in [2.75, 3.05) is 32.8 Å². The van der Waals surface area contributed by atoms with Crippen LogP contribution in [0.4, 0.5) is 0 Å². The van der Waals surface area contributed by atoms with E-state index >= 15 is 0 Å². The first-order valence-electron chi connectivity index (χ1n) is 8.12. The molecule has 0 aromatic carbocycles. The summed E-state index contributed by atoms with van der Waals surface area (Å²) >= 11 is 0. The Labute approximate surface area is 120 Å². The van der Waals surface area contributed by atoms with E-state index in [4.69, 9.17) is 9.57 Å². The van der Waals surface area contributed by atoms with Gasteiger partial charge < -0.3 is 9.64 Å². The van der Waals surface area contributed by atoms with Gasteiger partial charge in [0.25, 0.3) is 5.91 Å². The molecule has 3 saturated heterocycles. The minimum Gasteiger partial charge on any atom is -0.363 e. The van der Waals surface area contributed by atoms with Gasteiger partial charge in [0.15, 0.2) is 0 Å². The van der Waals surface area contributed by atoms with Crippen LogP contribution in [0, 0.1) is 11.8 Å². The number of hydrogen-bond acceptors (Lipinski definition) is 4. The quantitative estimate of drug-likeness (QED) is 0.774. The SMILES string of the molecule is O=C([C@H]1C[C@@H]2CCN(CC3CC3)C[C@H]2O1)N1CCCO1. The number of hydrogen-bond donors (Lipinski definition) is 0. The van der Waals surface area contributed by atoms with Gasteiger partial charge >= 0.3 is 0 Å². The number of likely N-dealkylation sites (tertiary alicyclic amines) is 1. The predicted octanol–water partition coefficient (Wildman–Crippen LogP) is 1.04. The van der Waals surface area contributed by atoms with Crippen LogP contribution in [0.25, 0.3) is 0 Å². The molecule has 0 aromatic heterocycles. The molecule has 5 nitrogen and oxygen atoms in total. The molecular formula is C15H24N2O3. The molecule has 1 saturated carbocycles. The van der Waals surface area contributed by atoms with Crippen molar-refractivity contribution in [3.63, 3.8) is 0 Å². The second-order valence-electron chi connectivity index (χ2n) is 6.78. The summed E-state index contributed by atoms with van der Waals surface area (Å²) < 4.78 is 6.06. The van der Waals surface area contributed by atoms with Crippen LogP contribution in [-0.2, 0) is 14.4 Å². The van der Waals surface area contributed by atoms with Crippen LogP contribution < -0.4 is 0 Å². The lowest BCUT2D eigenvalue weighted by Crippen LogP contribution is -2.43. The van der Waals surface area contributed by atoms with E-state index in [-0.39, 0.29) is 18.1 Å². The number of rotatable bonds is 3. The molecule has 1 amide bonds. The normalized spacial score (nSPS) is 38.2. The first-order chi connectivity index (χ1) is 9.79. The fourth-order valence-electron chi connectivity index (χ4n) is 3.77. The maximum Gasteiger partial charge on any atom is 0.275 e. The summed E-state index contributed by atoms with van der Waals surface area (Å²) in [6.45, 7) is 4.83. The lowest BCUT2D eigenvalue weighted by atomic mass is 9.91. The Morgan fingerprint density at radius 3 is 2.85 bits per heavy atom. The lowest BCUT2D eigenvalue weighted by molar-refractivity contribution is -0.180. The lowest BCUT2D eigenvalue weighted by Gasteiger charge is -2.34. The molecule has 0 spiro atoms. The Balaban J connectivity index is 1.33. The van der Waals surface area contributed by atoms with Crippen LogP contribution in [0.5, 0.6) is 0 Å². The number of carbonyl (C=O) groups excluding carboxylic acids is 1. The van der Waals surface area contributed by atoms with Gasteiger partial charge in [0.2, 0.25) is 0 Å². The van der Waals surface area contributed by atoms with Crippen LogP contribution in [-0.4, -0.2) is 60.9 Å². The minimum atomic E-state index is -0.260. The third kappa shape index (κ3) is 2.59. The Morgan fingerprint density at radius 1 is 1.20 bits per heavy atom. The minimum absolute atomic E-state index is 0.0469. The number of ether oxygens (including phenoxy) is 1. The Bertz CT molecular complexity index is 379. The maximum atomic E-state index is 12.3. The third-order valence-corrected chi connectivity index (χ3v) is 5.12. The number of carbonyl (C=O) groups is 1. The number of nitrogens with zero attached hydrogens (tertiary/aromatic N) is 2. The molecular weight excluding hydrogens is 256 g/mol. The van der Waals surface area contributed by atoms with Crippen molar-refractivity contribution >= 4 is 5.91 Å². The van der Waals surface area contributed by atoms with Gasteiger partial charge in [-0.25, -0.2) is 5.06 Å². The summed E-state index contributed by atoms with van der Waals surface area (Å²) in [7, 11) is 0. The van der Waals surface area contributed by atoms with Crippen molar-refractivity contribution in [3.8, 4) is 0 Å². The van der Waals surface area contributed by atoms with Crippen LogP contribution >= 0.6 is 0 Å². The molecule has 4 fully saturated rings. The molecule has 0 N–H and O–H groups in total. The van der Waals surface area contributed by atoms with Crippen molar-refractivity contribution in [1.29, 1.82) is 0 Å². The molecule has 0 aromatic rings. The highest BCUT2D eigenvalue weighted by atomic mass is 16.7. The zero-order chi connectivity index (χ0) is 13.5. The van der Waals surface area contributed by atoms with Gasteiger partial charge in [0.1, 0.15) is 6.10 Å². The third-order valence-electron chi connectivity index (χ3n) is 5.12. The predicted molar refractivity (Wildman–Crippen MR) is 72.8 cm³/mol. The van der Waals surface area contributed by atoms with E-state index in [2.05, 4.69) is 4.90 Å². The smallest absolute Gasteiger partial charge is 0.275 e. The van der Waals surface area contributed by atoms with Crippen molar-refractivity contribution in [2.24, 2.45) is 11.8 Å². The molecule has 0 radical (unpaired) electrons. The van der Waals surface area contributed by atoms with E-state index in [1.54, 1.807) is 0 Å². The first kappa shape index (κ1) is 13.0. The molecule has 4 aliphatic rings. The second-order valence-corrected chi connectivity index (χ2v) is 6.78. The molecule has 4 rings (SSSR count). The van der Waals surface area contributed by atoms with E-state index in [1.165, 1.54) is 37.4 Å². The van der Waals surface area contributed by atoms with Crippen molar-refractivity contribution < 1.29 is 14.4 Å². The van der Waals surface area contributed by atoms with E-state index in [0.717, 1.165) is 31.8 Å². The fourth-order valence-corrected chi connectivity index (χ4v) is 3.77. The molecule has 0 unspecified atom stereocenters. The first-order valence-corrected chi connectivity index (χ1v) is 8.12. The fraction of sp³-hybridized carbons (Fsp3) is 0.933. The van der Waals surface area contributed by atoms with Gasteiger partial charge in [-0.1, -0.05) is 0 Å². The van der Waals surface area contributed by atoms with Crippen molar-refractivity contribution in [1.82, 2.24) is 9.96 Å². The molecule has 3 heterocycles. The molecule has 3 atom stereocenters. The van der Waals surface area contributed by atoms with Gasteiger partial charge in [-0.05, 0) is 50.5 Å². The van der Waals surface area contributed by atoms with Gasteiger partial charge in [0.05, 0.1) is 19.3 Å². The number of amides is 1. The Hall–Kier alpha value is -0.650. The summed E-state index contributed by atoms with van der Waals surface area (Å²) in [6.07, 6.45) is 5.82. The summed E-state index contributed by atoms with van der Waals surface area (Å²) in [4.78, 5) is 20.2. The summed E-state index contributed by atoms with van der Waals surface area (Å²) in [6, 6.07) is 0. The van der Waals surface area contributed by atoms with Gasteiger partial charge in [-0.2, -0.15) is 0 Å². The average molecular weight is 280 g/mol. The van der Waals surface area contributed by atoms with Gasteiger partial charge in [-0.15, -0.1) is 0 Å². The van der Waals surface area contributed by atoms with Crippen molar-refractivity contribution in [3.05, 3.63) is 0 Å². The molecule has 112 valence electrons. The monoisotopic (exact) mass is 280 g/mol. The standard InChI is InChI=1S/C15H24N2O3/c18-15(17-5-1-7-19-17)13-8-12-4-6-16(9-11-2-3-11)10-14(12)20-13/h11-14H,1-10H2/t12-,13+,14+/m0/s1. The second kappa shape index (κ2) is 5.28. The van der Waals surface area contributed by atoms with Gasteiger partial charge in [0, 0.05) is 13.1 Å². The summed E-state index contributed by atoms with van der Waals surface area (Å²) in [5, 5.41) is 1.52. The molecule has 1 aliphatic carbocycles. The van der Waals surface area contributed by atoms with Crippen LogP contribution in [0.15, 0.2) is 0 Å². The van der Waals surface area contributed by atoms with Crippen molar-refractivity contribution in [2.45, 2.75) is 44.3 Å². The van der Waals surface area contributed by atoms with Crippen LogP contribution in [0.3, 0.4) is 0 Å². The Morgan fingerprint density at radius 2 is 2.10 bits per heavy atom. The largest absolute Gasteiger partial charge is 0.363 e. The number of fused-ring (bicyclic) bond motifs is 1. The molecule has 3 aliphatic heterocycles. The van der Waals surface area contributed by atoms with E-state index in [9.17, 15) is 4.79 Å². The van der Waals surface area contributed by atoms with E-state index < -0.39 is 0 Å². The molecule has 5 heteroatoms. The summed E-state index contributed by atoms with van der Waals surface area (Å²) in [5.41, 5.74) is 0. The number of piperidine rings is 1. The Kier molecular flexibility index (Phi) is 3.44. The summed E-state index contributed by atoms with van der Waals surface area (Å²) in [5.74, 6) is 1.55.